The fourth-order valence-corrected chi connectivity index (χ4v) is 6.10. The standard InChI is InChI=1S/2C15H9.C2H4F4P2.2Au/c2*1-2-11-7-8-13-10-12-5-3-4-6-14(12)15(13)9-11;3-7(4)1-2-8(5)6;;/h2*3-9H,10H2;1-2H2;;/q2*-1;;2*+1/p+2. The number of fused-ring (bicyclic) bond motifs is 6. The largest absolute Gasteiger partial charge is 1.00 e. The third-order valence-corrected chi connectivity index (χ3v) is 8.14. The molecule has 4 aromatic rings. The molecule has 4 aromatic carbocycles. The van der Waals surface area contributed by atoms with Crippen LogP contribution in [0, 0.1) is 24.7 Å². The quantitative estimate of drug-likeness (QED) is 0.0546. The molecule has 0 fully saturated rings. The van der Waals surface area contributed by atoms with E-state index in [0.717, 1.165) is 24.0 Å². The monoisotopic (exact) mass is 940 g/mol. The van der Waals surface area contributed by atoms with Crippen molar-refractivity contribution in [2.24, 2.45) is 0 Å². The average Bonchev–Trinajstić information content (AvgIpc) is 3.50. The molecule has 0 spiro atoms. The van der Waals surface area contributed by atoms with Crippen LogP contribution in [0.2, 0.25) is 0 Å². The van der Waals surface area contributed by atoms with Gasteiger partial charge in [0.05, 0.1) is 0 Å². The van der Waals surface area contributed by atoms with Gasteiger partial charge >= 0.3 is 61.8 Å². The van der Waals surface area contributed by atoms with Gasteiger partial charge in [-0.1, -0.05) is 60.7 Å². The molecule has 0 nitrogen and oxygen atoms in total. The van der Waals surface area contributed by atoms with Crippen LogP contribution in [-0.4, -0.2) is 12.3 Å². The average molecular weight is 940 g/mol. The molecule has 0 heterocycles. The van der Waals surface area contributed by atoms with Crippen LogP contribution in [0.3, 0.4) is 0 Å². The van der Waals surface area contributed by atoms with Gasteiger partial charge in [-0.2, -0.15) is 0 Å². The molecule has 0 amide bonds. The van der Waals surface area contributed by atoms with E-state index in [1.54, 1.807) is 0 Å². The number of rotatable bonds is 3. The van der Waals surface area contributed by atoms with E-state index in [9.17, 15) is 16.8 Å². The maximum Gasteiger partial charge on any atom is 1.00 e. The molecule has 0 atom stereocenters. The maximum absolute atomic E-state index is 11.2. The molecule has 0 saturated carbocycles. The summed E-state index contributed by atoms with van der Waals surface area (Å²) in [5.41, 5.74) is 12.3. The van der Waals surface area contributed by atoms with E-state index in [1.165, 1.54) is 44.5 Å². The summed E-state index contributed by atoms with van der Waals surface area (Å²) in [7, 11) is -6.77. The molecule has 0 radical (unpaired) electrons. The minimum Gasteiger partial charge on any atom is -0.366 e. The smallest absolute Gasteiger partial charge is 0.366 e. The topological polar surface area (TPSA) is 0 Å². The van der Waals surface area contributed by atoms with Crippen molar-refractivity contribution in [2.45, 2.75) is 12.8 Å². The second kappa shape index (κ2) is 16.5. The minimum absolute atomic E-state index is 0. The van der Waals surface area contributed by atoms with Crippen LogP contribution in [0.4, 0.5) is 16.8 Å². The van der Waals surface area contributed by atoms with Crippen molar-refractivity contribution in [1.82, 2.24) is 0 Å². The predicted octanol–water partition coefficient (Wildman–Crippen LogP) is 9.34. The first kappa shape index (κ1) is 34.3. The van der Waals surface area contributed by atoms with Crippen molar-refractivity contribution in [3.63, 3.8) is 0 Å². The summed E-state index contributed by atoms with van der Waals surface area (Å²) in [5, 5.41) is 0. The molecule has 0 aromatic heterocycles. The van der Waals surface area contributed by atoms with E-state index in [4.69, 9.17) is 12.8 Å². The van der Waals surface area contributed by atoms with Crippen molar-refractivity contribution in [2.75, 3.05) is 12.3 Å². The van der Waals surface area contributed by atoms with E-state index < -0.39 is 29.4 Å². The molecule has 8 heteroatoms. The Morgan fingerprint density at radius 3 is 1.23 bits per heavy atom. The SMILES string of the molecule is F[PH+](F)CC[PH+](F)F.[Au+].[Au+].[C-]#Cc1ccc2c(c1)-c1ccccc1C2.[C-]#Cc1ccc2c(c1)-c1ccccc1C2. The van der Waals surface area contributed by atoms with Gasteiger partial charge in [-0.05, 0) is 74.1 Å². The van der Waals surface area contributed by atoms with Gasteiger partial charge in [0, 0.05) is 0 Å². The normalized spacial score (nSPS) is 11.0. The third-order valence-electron chi connectivity index (χ3n) is 6.39. The molecule has 0 aliphatic heterocycles. The van der Waals surface area contributed by atoms with E-state index >= 15 is 0 Å². The first-order valence-electron chi connectivity index (χ1n) is 12.0. The Morgan fingerprint density at radius 2 is 0.875 bits per heavy atom. The van der Waals surface area contributed by atoms with Crippen molar-refractivity contribution in [3.05, 3.63) is 131 Å². The molecular weight excluding hydrogens is 916 g/mol. The molecule has 2 aliphatic rings. The Labute approximate surface area is 267 Å². The van der Waals surface area contributed by atoms with Gasteiger partial charge in [-0.15, -0.1) is 35.4 Å². The first-order valence-corrected chi connectivity index (χ1v) is 14.9. The Bertz CT molecular complexity index is 1410. The number of hydrogen-bond donors (Lipinski definition) is 0. The van der Waals surface area contributed by atoms with Crippen LogP contribution >= 0.6 is 17.1 Å². The van der Waals surface area contributed by atoms with Gasteiger partial charge in [0.1, 0.15) is 0 Å². The van der Waals surface area contributed by atoms with Crippen LogP contribution in [-0.2, 0) is 57.6 Å². The molecule has 0 N–H and O–H groups in total. The van der Waals surface area contributed by atoms with Gasteiger partial charge < -0.3 is 12.8 Å². The molecular formula is C32H24Au2F4P2+2. The molecule has 0 unspecified atom stereocenters. The molecule has 0 saturated heterocycles. The fraction of sp³-hybridized carbons (Fsp3) is 0.125. The number of benzene rings is 4. The van der Waals surface area contributed by atoms with Gasteiger partial charge in [0.25, 0.3) is 0 Å². The van der Waals surface area contributed by atoms with Crippen molar-refractivity contribution in [1.29, 1.82) is 0 Å². The number of halogens is 4. The third kappa shape index (κ3) is 8.78. The van der Waals surface area contributed by atoms with Crippen LogP contribution in [0.1, 0.15) is 33.4 Å². The van der Waals surface area contributed by atoms with Crippen molar-refractivity contribution < 1.29 is 61.5 Å². The van der Waals surface area contributed by atoms with Gasteiger partial charge in [-0.3, -0.25) is 11.8 Å². The van der Waals surface area contributed by atoms with Gasteiger partial charge in [-0.25, -0.2) is 0 Å². The second-order valence-corrected chi connectivity index (χ2v) is 11.2. The summed E-state index contributed by atoms with van der Waals surface area (Å²) >= 11 is 0. The first-order chi connectivity index (χ1) is 18.4. The van der Waals surface area contributed by atoms with Crippen LogP contribution in [0.25, 0.3) is 22.3 Å². The van der Waals surface area contributed by atoms with Crippen LogP contribution in [0.5, 0.6) is 0 Å². The molecule has 2 aliphatic carbocycles. The predicted molar refractivity (Wildman–Crippen MR) is 153 cm³/mol. The fourth-order valence-electron chi connectivity index (χ4n) is 4.59. The Morgan fingerprint density at radius 1 is 0.525 bits per heavy atom. The number of hydrogen-bond acceptors (Lipinski definition) is 0. The zero-order chi connectivity index (χ0) is 27.1. The van der Waals surface area contributed by atoms with Crippen molar-refractivity contribution in [3.8, 4) is 34.1 Å². The van der Waals surface area contributed by atoms with Gasteiger partial charge in [0.2, 0.25) is 0 Å². The zero-order valence-electron chi connectivity index (χ0n) is 21.0. The zero-order valence-corrected chi connectivity index (χ0v) is 27.4. The summed E-state index contributed by atoms with van der Waals surface area (Å²) in [4.78, 5) is 0. The maximum atomic E-state index is 11.2. The summed E-state index contributed by atoms with van der Waals surface area (Å²) in [6.07, 6.45) is 15.2. The summed E-state index contributed by atoms with van der Waals surface area (Å²) in [6, 6.07) is 29.1. The molecule has 0 bridgehead atoms. The van der Waals surface area contributed by atoms with E-state index in [0.29, 0.717) is 0 Å². The van der Waals surface area contributed by atoms with Crippen LogP contribution < -0.4 is 0 Å². The van der Waals surface area contributed by atoms with Crippen LogP contribution in [0.15, 0.2) is 84.9 Å². The molecule has 40 heavy (non-hydrogen) atoms. The van der Waals surface area contributed by atoms with E-state index in [2.05, 4.69) is 72.5 Å². The second-order valence-electron chi connectivity index (χ2n) is 8.84. The Balaban J connectivity index is 0.000000216. The summed E-state index contributed by atoms with van der Waals surface area (Å²) < 4.78 is 44.7. The minimum atomic E-state index is -3.38. The molecule has 6 rings (SSSR count). The summed E-state index contributed by atoms with van der Waals surface area (Å²) in [6.45, 7) is 0. The summed E-state index contributed by atoms with van der Waals surface area (Å²) in [5.74, 6) is 4.87. The Kier molecular flexibility index (Phi) is 14.1. The molecule has 210 valence electrons. The Hall–Kier alpha value is -1.94. The van der Waals surface area contributed by atoms with E-state index in [-0.39, 0.29) is 44.8 Å². The van der Waals surface area contributed by atoms with E-state index in [1.807, 2.05) is 24.3 Å². The van der Waals surface area contributed by atoms with Crippen molar-refractivity contribution >= 4 is 17.1 Å². The van der Waals surface area contributed by atoms with Gasteiger partial charge in [0.15, 0.2) is 12.3 Å².